The van der Waals surface area contributed by atoms with Crippen molar-refractivity contribution in [3.63, 3.8) is 0 Å². The van der Waals surface area contributed by atoms with E-state index in [1.54, 1.807) is 0 Å². The molecule has 17 heavy (non-hydrogen) atoms. The van der Waals surface area contributed by atoms with Gasteiger partial charge >= 0.3 is 0 Å². The summed E-state index contributed by atoms with van der Waals surface area (Å²) < 4.78 is 12.8. The van der Waals surface area contributed by atoms with Crippen LogP contribution in [-0.2, 0) is 6.54 Å². The summed E-state index contributed by atoms with van der Waals surface area (Å²) in [6.45, 7) is 7.35. The van der Waals surface area contributed by atoms with Gasteiger partial charge in [0.1, 0.15) is 5.82 Å². The number of piperidine rings is 1. The second-order valence-corrected chi connectivity index (χ2v) is 5.72. The Kier molecular flexibility index (Phi) is 3.50. The topological polar surface area (TPSA) is 29.3 Å². The molecule has 0 bridgehead atoms. The number of nitrogens with two attached hydrogens (primary N) is 1. The Balaban J connectivity index is 1.98. The highest BCUT2D eigenvalue weighted by Crippen LogP contribution is 2.28. The third kappa shape index (κ3) is 3.05. The predicted octanol–water partition coefficient (Wildman–Crippen LogP) is 2.38. The van der Waals surface area contributed by atoms with Crippen LogP contribution in [0, 0.1) is 11.2 Å². The second-order valence-electron chi connectivity index (χ2n) is 5.72. The Labute approximate surface area is 103 Å². The number of rotatable bonds is 2. The van der Waals surface area contributed by atoms with Gasteiger partial charge in [-0.15, -0.1) is 0 Å². The molecule has 1 aliphatic rings. The fourth-order valence-corrected chi connectivity index (χ4v) is 2.47. The van der Waals surface area contributed by atoms with Crippen molar-refractivity contribution >= 4 is 0 Å². The van der Waals surface area contributed by atoms with Gasteiger partial charge in [-0.3, -0.25) is 4.90 Å². The van der Waals surface area contributed by atoms with Crippen LogP contribution < -0.4 is 5.73 Å². The maximum Gasteiger partial charge on any atom is 0.123 e. The number of likely N-dealkylation sites (tertiary alicyclic amines) is 1. The SMILES string of the molecule is CC1(C)CN(Cc2ccc(F)cc2)CCC1N. The fourth-order valence-electron chi connectivity index (χ4n) is 2.47. The molecule has 0 aromatic heterocycles. The van der Waals surface area contributed by atoms with E-state index in [9.17, 15) is 4.39 Å². The number of nitrogens with zero attached hydrogens (tertiary/aromatic N) is 1. The van der Waals surface area contributed by atoms with Gasteiger partial charge in [-0.2, -0.15) is 0 Å². The van der Waals surface area contributed by atoms with Gasteiger partial charge in [-0.1, -0.05) is 26.0 Å². The van der Waals surface area contributed by atoms with E-state index in [1.807, 2.05) is 12.1 Å². The Morgan fingerprint density at radius 2 is 2.00 bits per heavy atom. The zero-order valence-electron chi connectivity index (χ0n) is 10.6. The first-order valence-corrected chi connectivity index (χ1v) is 6.20. The van der Waals surface area contributed by atoms with Gasteiger partial charge in [0.15, 0.2) is 0 Å². The van der Waals surface area contributed by atoms with Crippen LogP contribution in [0.4, 0.5) is 4.39 Å². The third-order valence-corrected chi connectivity index (χ3v) is 3.71. The average molecular weight is 236 g/mol. The molecule has 2 rings (SSSR count). The highest BCUT2D eigenvalue weighted by Gasteiger charge is 2.33. The molecule has 0 amide bonds. The van der Waals surface area contributed by atoms with E-state index < -0.39 is 0 Å². The van der Waals surface area contributed by atoms with Crippen LogP contribution in [0.1, 0.15) is 25.8 Å². The standard InChI is InChI=1S/C14H21FN2/c1-14(2)10-17(8-7-13(14)16)9-11-3-5-12(15)6-4-11/h3-6,13H,7-10,16H2,1-2H3. The second kappa shape index (κ2) is 4.75. The number of benzene rings is 1. The molecule has 1 aromatic carbocycles. The van der Waals surface area contributed by atoms with Crippen molar-refractivity contribution in [2.75, 3.05) is 13.1 Å². The zero-order chi connectivity index (χ0) is 12.5. The number of hydrogen-bond acceptors (Lipinski definition) is 2. The van der Waals surface area contributed by atoms with Gasteiger partial charge in [-0.25, -0.2) is 4.39 Å². The lowest BCUT2D eigenvalue weighted by atomic mass is 9.79. The van der Waals surface area contributed by atoms with Crippen molar-refractivity contribution in [2.45, 2.75) is 32.9 Å². The molecule has 3 heteroatoms. The maximum atomic E-state index is 12.8. The minimum absolute atomic E-state index is 0.165. The van der Waals surface area contributed by atoms with Crippen LogP contribution in [0.15, 0.2) is 24.3 Å². The van der Waals surface area contributed by atoms with E-state index in [4.69, 9.17) is 5.73 Å². The van der Waals surface area contributed by atoms with Gasteiger partial charge in [0.05, 0.1) is 0 Å². The quantitative estimate of drug-likeness (QED) is 0.854. The van der Waals surface area contributed by atoms with Crippen molar-refractivity contribution in [3.8, 4) is 0 Å². The molecule has 2 N–H and O–H groups in total. The zero-order valence-corrected chi connectivity index (χ0v) is 10.6. The molecule has 1 aromatic rings. The van der Waals surface area contributed by atoms with Crippen LogP contribution in [-0.4, -0.2) is 24.0 Å². The number of hydrogen-bond donors (Lipinski definition) is 1. The van der Waals surface area contributed by atoms with E-state index >= 15 is 0 Å². The molecule has 0 spiro atoms. The fraction of sp³-hybridized carbons (Fsp3) is 0.571. The minimum Gasteiger partial charge on any atom is -0.327 e. The van der Waals surface area contributed by atoms with Crippen molar-refractivity contribution in [2.24, 2.45) is 11.1 Å². The van der Waals surface area contributed by atoms with Crippen LogP contribution >= 0.6 is 0 Å². The van der Waals surface area contributed by atoms with Crippen LogP contribution in [0.3, 0.4) is 0 Å². The van der Waals surface area contributed by atoms with Crippen LogP contribution in [0.2, 0.25) is 0 Å². The molecule has 1 atom stereocenters. The Hall–Kier alpha value is -0.930. The third-order valence-electron chi connectivity index (χ3n) is 3.71. The summed E-state index contributed by atoms with van der Waals surface area (Å²) in [7, 11) is 0. The largest absolute Gasteiger partial charge is 0.327 e. The summed E-state index contributed by atoms with van der Waals surface area (Å²) in [5.74, 6) is -0.172. The average Bonchev–Trinajstić information content (AvgIpc) is 2.26. The van der Waals surface area contributed by atoms with Gasteiger partial charge in [0.2, 0.25) is 0 Å². The summed E-state index contributed by atoms with van der Waals surface area (Å²) in [5.41, 5.74) is 7.44. The Morgan fingerprint density at radius 3 is 2.59 bits per heavy atom. The first kappa shape index (κ1) is 12.5. The molecule has 0 aliphatic carbocycles. The van der Waals surface area contributed by atoms with Crippen molar-refractivity contribution in [1.82, 2.24) is 4.90 Å². The minimum atomic E-state index is -0.172. The predicted molar refractivity (Wildman–Crippen MR) is 68.1 cm³/mol. The van der Waals surface area contributed by atoms with E-state index in [2.05, 4.69) is 18.7 Å². The lowest BCUT2D eigenvalue weighted by Crippen LogP contribution is -2.52. The highest BCUT2D eigenvalue weighted by atomic mass is 19.1. The summed E-state index contributed by atoms with van der Waals surface area (Å²) in [6.07, 6.45) is 1.04. The van der Waals surface area contributed by atoms with E-state index in [0.717, 1.165) is 31.6 Å². The van der Waals surface area contributed by atoms with E-state index in [0.29, 0.717) is 0 Å². The molecular formula is C14H21FN2. The van der Waals surface area contributed by atoms with Gasteiger partial charge in [-0.05, 0) is 29.5 Å². The van der Waals surface area contributed by atoms with Crippen molar-refractivity contribution < 1.29 is 4.39 Å². The first-order valence-electron chi connectivity index (χ1n) is 6.20. The lowest BCUT2D eigenvalue weighted by Gasteiger charge is -2.42. The molecule has 1 heterocycles. The van der Waals surface area contributed by atoms with E-state index in [-0.39, 0.29) is 17.3 Å². The van der Waals surface area contributed by atoms with E-state index in [1.165, 1.54) is 12.1 Å². The summed E-state index contributed by atoms with van der Waals surface area (Å²) in [4.78, 5) is 2.40. The smallest absolute Gasteiger partial charge is 0.123 e. The molecule has 1 saturated heterocycles. The molecule has 0 radical (unpaired) electrons. The number of halogens is 1. The Bertz CT molecular complexity index is 372. The molecule has 94 valence electrons. The molecule has 2 nitrogen and oxygen atoms in total. The van der Waals surface area contributed by atoms with Gasteiger partial charge in [0.25, 0.3) is 0 Å². The lowest BCUT2D eigenvalue weighted by molar-refractivity contribution is 0.0899. The monoisotopic (exact) mass is 236 g/mol. The Morgan fingerprint density at radius 1 is 1.35 bits per heavy atom. The van der Waals surface area contributed by atoms with Crippen LogP contribution in [0.25, 0.3) is 0 Å². The molecule has 1 unspecified atom stereocenters. The first-order chi connectivity index (χ1) is 7.97. The summed E-state index contributed by atoms with van der Waals surface area (Å²) >= 11 is 0. The molecule has 0 saturated carbocycles. The molecule has 1 fully saturated rings. The summed E-state index contributed by atoms with van der Waals surface area (Å²) in [5, 5.41) is 0. The van der Waals surface area contributed by atoms with Crippen LogP contribution in [0.5, 0.6) is 0 Å². The summed E-state index contributed by atoms with van der Waals surface area (Å²) in [6, 6.07) is 7.05. The normalized spacial score (nSPS) is 24.8. The van der Waals surface area contributed by atoms with Gasteiger partial charge < -0.3 is 5.73 Å². The molecular weight excluding hydrogens is 215 g/mol. The van der Waals surface area contributed by atoms with Crippen molar-refractivity contribution in [3.05, 3.63) is 35.6 Å². The maximum absolute atomic E-state index is 12.8. The highest BCUT2D eigenvalue weighted by molar-refractivity contribution is 5.16. The molecule has 1 aliphatic heterocycles. The van der Waals surface area contributed by atoms with Gasteiger partial charge in [0, 0.05) is 25.7 Å². The van der Waals surface area contributed by atoms with Crippen molar-refractivity contribution in [1.29, 1.82) is 0 Å².